The highest BCUT2D eigenvalue weighted by Gasteiger charge is 2.57. The number of hydrogen-bond acceptors (Lipinski definition) is 3. The first kappa shape index (κ1) is 20.0. The van der Waals surface area contributed by atoms with Gasteiger partial charge in [-0.3, -0.25) is 9.59 Å². The van der Waals surface area contributed by atoms with E-state index in [9.17, 15) is 9.59 Å². The molecule has 0 aliphatic heterocycles. The molecule has 0 amide bonds. The summed E-state index contributed by atoms with van der Waals surface area (Å²) in [5.41, 5.74) is 0.933. The van der Waals surface area contributed by atoms with E-state index in [4.69, 9.17) is 9.84 Å². The van der Waals surface area contributed by atoms with Crippen molar-refractivity contribution in [3.8, 4) is 0 Å². The zero-order valence-electron chi connectivity index (χ0n) is 16.3. The van der Waals surface area contributed by atoms with E-state index in [0.717, 1.165) is 44.9 Å². The van der Waals surface area contributed by atoms with E-state index < -0.39 is 11.4 Å². The zero-order valence-corrected chi connectivity index (χ0v) is 16.3. The molecule has 2 rings (SSSR count). The molecule has 1 N–H and O–H groups in total. The minimum Gasteiger partial charge on any atom is -0.481 e. The average Bonchev–Trinajstić information content (AvgIpc) is 2.52. The molecule has 0 unspecified atom stereocenters. The van der Waals surface area contributed by atoms with Gasteiger partial charge in [0.15, 0.2) is 0 Å². The van der Waals surface area contributed by atoms with Crippen molar-refractivity contribution in [2.45, 2.75) is 72.1 Å². The number of carboxylic acid groups (broad SMARTS) is 1. The van der Waals surface area contributed by atoms with Crippen molar-refractivity contribution >= 4 is 11.9 Å². The number of esters is 1. The summed E-state index contributed by atoms with van der Waals surface area (Å²) in [5.74, 6) is 0.0482. The Kier molecular flexibility index (Phi) is 6.01. The van der Waals surface area contributed by atoms with Gasteiger partial charge in [-0.15, -0.1) is 0 Å². The van der Waals surface area contributed by atoms with Gasteiger partial charge in [0, 0.05) is 6.42 Å². The standard InChI is InChI=1S/C21H34O4/c1-14(13-18(22)23)7-9-16-15(2)8-10-17-20(16,3)11-6-12-21(17,4)19(24)25-5/h14,16-17H,2,6-13H2,1,3-5H3,(H,22,23)/t14-,16+,17+,20+,21-/m1/s1. The van der Waals surface area contributed by atoms with Crippen LogP contribution in [0.1, 0.15) is 72.1 Å². The first-order valence-corrected chi connectivity index (χ1v) is 9.63. The number of carbonyl (C=O) groups is 2. The molecular weight excluding hydrogens is 316 g/mol. The summed E-state index contributed by atoms with van der Waals surface area (Å²) in [6, 6.07) is 0. The van der Waals surface area contributed by atoms with Crippen LogP contribution in [-0.2, 0) is 14.3 Å². The molecule has 2 aliphatic rings. The van der Waals surface area contributed by atoms with E-state index in [2.05, 4.69) is 20.4 Å². The lowest BCUT2D eigenvalue weighted by Crippen LogP contribution is -2.53. The highest BCUT2D eigenvalue weighted by Crippen LogP contribution is 2.62. The Morgan fingerprint density at radius 3 is 2.64 bits per heavy atom. The Labute approximate surface area is 152 Å². The molecule has 25 heavy (non-hydrogen) atoms. The number of hydrogen-bond donors (Lipinski definition) is 1. The maximum atomic E-state index is 12.6. The second kappa shape index (κ2) is 7.51. The number of carbonyl (C=O) groups excluding carboxylic acids is 1. The molecule has 0 radical (unpaired) electrons. The number of aliphatic carboxylic acids is 1. The number of allylic oxidation sites excluding steroid dienone is 1. The van der Waals surface area contributed by atoms with Crippen LogP contribution >= 0.6 is 0 Å². The topological polar surface area (TPSA) is 63.6 Å². The SMILES string of the molecule is C=C1CC[C@H]2[C@@](C)(CCC[C@@]2(C)C(=O)OC)[C@H]1CC[C@@H](C)CC(=O)O. The maximum absolute atomic E-state index is 12.6. The van der Waals surface area contributed by atoms with E-state index in [1.807, 2.05) is 6.92 Å². The van der Waals surface area contributed by atoms with Crippen molar-refractivity contribution in [3.63, 3.8) is 0 Å². The van der Waals surface area contributed by atoms with E-state index in [0.29, 0.717) is 11.8 Å². The molecule has 0 bridgehead atoms. The lowest BCUT2D eigenvalue weighted by Gasteiger charge is -2.57. The Hall–Kier alpha value is -1.32. The minimum absolute atomic E-state index is 0.0550. The van der Waals surface area contributed by atoms with Gasteiger partial charge in [0.1, 0.15) is 0 Å². The number of methoxy groups -OCH3 is 1. The summed E-state index contributed by atoms with van der Waals surface area (Å²) in [7, 11) is 1.49. The molecular formula is C21H34O4. The quantitative estimate of drug-likeness (QED) is 0.550. The monoisotopic (exact) mass is 350 g/mol. The van der Waals surface area contributed by atoms with Gasteiger partial charge in [-0.05, 0) is 68.6 Å². The molecule has 142 valence electrons. The third-order valence-corrected chi connectivity index (χ3v) is 7.14. The molecule has 2 fully saturated rings. The van der Waals surface area contributed by atoms with Crippen LogP contribution in [0.3, 0.4) is 0 Å². The van der Waals surface area contributed by atoms with Gasteiger partial charge in [0.05, 0.1) is 12.5 Å². The first-order valence-electron chi connectivity index (χ1n) is 9.63. The van der Waals surface area contributed by atoms with Crippen LogP contribution < -0.4 is 0 Å². The van der Waals surface area contributed by atoms with Crippen LogP contribution in [0.5, 0.6) is 0 Å². The molecule has 0 aromatic heterocycles. The molecule has 0 aromatic rings. The van der Waals surface area contributed by atoms with Crippen LogP contribution in [0.15, 0.2) is 12.2 Å². The lowest BCUT2D eigenvalue weighted by molar-refractivity contribution is -0.168. The fourth-order valence-electron chi connectivity index (χ4n) is 5.81. The fourth-order valence-corrected chi connectivity index (χ4v) is 5.81. The van der Waals surface area contributed by atoms with Gasteiger partial charge in [-0.25, -0.2) is 0 Å². The van der Waals surface area contributed by atoms with Gasteiger partial charge in [-0.1, -0.05) is 32.4 Å². The lowest BCUT2D eigenvalue weighted by atomic mass is 9.46. The summed E-state index contributed by atoms with van der Waals surface area (Å²) in [4.78, 5) is 23.5. The molecule has 0 saturated heterocycles. The van der Waals surface area contributed by atoms with Crippen molar-refractivity contribution in [3.05, 3.63) is 12.2 Å². The Balaban J connectivity index is 2.21. The molecule has 4 nitrogen and oxygen atoms in total. The molecule has 5 atom stereocenters. The highest BCUT2D eigenvalue weighted by atomic mass is 16.5. The zero-order chi connectivity index (χ0) is 18.8. The Morgan fingerprint density at radius 2 is 2.04 bits per heavy atom. The smallest absolute Gasteiger partial charge is 0.311 e. The van der Waals surface area contributed by atoms with Crippen LogP contribution in [-0.4, -0.2) is 24.2 Å². The average molecular weight is 350 g/mol. The maximum Gasteiger partial charge on any atom is 0.311 e. The Morgan fingerprint density at radius 1 is 1.36 bits per heavy atom. The van der Waals surface area contributed by atoms with Crippen molar-refractivity contribution in [2.24, 2.45) is 28.6 Å². The normalized spacial score (nSPS) is 36.4. The third-order valence-electron chi connectivity index (χ3n) is 7.14. The van der Waals surface area contributed by atoms with Gasteiger partial charge in [0.25, 0.3) is 0 Å². The van der Waals surface area contributed by atoms with Gasteiger partial charge >= 0.3 is 11.9 Å². The molecule has 2 aliphatic carbocycles. The molecule has 2 saturated carbocycles. The summed E-state index contributed by atoms with van der Waals surface area (Å²) in [6.45, 7) is 10.8. The van der Waals surface area contributed by atoms with Crippen molar-refractivity contribution in [1.82, 2.24) is 0 Å². The van der Waals surface area contributed by atoms with Crippen LogP contribution in [0.4, 0.5) is 0 Å². The second-order valence-electron chi connectivity index (χ2n) is 8.85. The highest BCUT2D eigenvalue weighted by molar-refractivity contribution is 5.77. The molecule has 0 spiro atoms. The summed E-state index contributed by atoms with van der Waals surface area (Å²) < 4.78 is 5.16. The summed E-state index contributed by atoms with van der Waals surface area (Å²) in [5, 5.41) is 9.00. The first-order chi connectivity index (χ1) is 11.6. The third kappa shape index (κ3) is 3.78. The van der Waals surface area contributed by atoms with Gasteiger partial charge in [0.2, 0.25) is 0 Å². The summed E-state index contributed by atoms with van der Waals surface area (Å²) in [6.07, 6.45) is 7.10. The molecule has 0 aromatic carbocycles. The summed E-state index contributed by atoms with van der Waals surface area (Å²) >= 11 is 0. The number of carboxylic acids is 1. The fraction of sp³-hybridized carbons (Fsp3) is 0.810. The number of rotatable bonds is 6. The van der Waals surface area contributed by atoms with Crippen LogP contribution in [0.2, 0.25) is 0 Å². The van der Waals surface area contributed by atoms with E-state index in [1.165, 1.54) is 12.7 Å². The number of fused-ring (bicyclic) bond motifs is 1. The predicted molar refractivity (Wildman–Crippen MR) is 98.1 cm³/mol. The van der Waals surface area contributed by atoms with E-state index in [-0.39, 0.29) is 23.7 Å². The van der Waals surface area contributed by atoms with Gasteiger partial charge < -0.3 is 9.84 Å². The molecule has 0 heterocycles. The van der Waals surface area contributed by atoms with Crippen LogP contribution in [0.25, 0.3) is 0 Å². The van der Waals surface area contributed by atoms with Crippen molar-refractivity contribution < 1.29 is 19.4 Å². The largest absolute Gasteiger partial charge is 0.481 e. The van der Waals surface area contributed by atoms with Gasteiger partial charge in [-0.2, -0.15) is 0 Å². The second-order valence-corrected chi connectivity index (χ2v) is 8.85. The Bertz CT molecular complexity index is 540. The van der Waals surface area contributed by atoms with Crippen molar-refractivity contribution in [1.29, 1.82) is 0 Å². The van der Waals surface area contributed by atoms with E-state index >= 15 is 0 Å². The van der Waals surface area contributed by atoms with Crippen molar-refractivity contribution in [2.75, 3.05) is 7.11 Å². The minimum atomic E-state index is -0.727. The van der Waals surface area contributed by atoms with E-state index in [1.54, 1.807) is 0 Å². The molecule has 4 heteroatoms. The number of ether oxygens (including phenoxy) is 1. The van der Waals surface area contributed by atoms with Crippen LogP contribution in [0, 0.1) is 28.6 Å². The predicted octanol–water partition coefficient (Wildman–Crippen LogP) is 4.83.